The third-order valence-corrected chi connectivity index (χ3v) is 5.30. The molecule has 5 heteroatoms. The van der Waals surface area contributed by atoms with Crippen LogP contribution in [-0.2, 0) is 6.54 Å². The van der Waals surface area contributed by atoms with E-state index in [4.69, 9.17) is 5.10 Å². The van der Waals surface area contributed by atoms with Crippen LogP contribution in [-0.4, -0.2) is 14.8 Å². The number of halogens is 2. The Bertz CT molecular complexity index is 1330. The van der Waals surface area contributed by atoms with Crippen molar-refractivity contribution in [2.75, 3.05) is 0 Å². The van der Waals surface area contributed by atoms with Crippen LogP contribution in [0, 0.1) is 11.6 Å². The minimum absolute atomic E-state index is 0.0415. The molecule has 0 aliphatic heterocycles. The number of H-pyrrole nitrogens is 1. The van der Waals surface area contributed by atoms with E-state index in [0.29, 0.717) is 5.69 Å². The van der Waals surface area contributed by atoms with Gasteiger partial charge in [-0.2, -0.15) is 5.10 Å². The van der Waals surface area contributed by atoms with Crippen LogP contribution in [0.2, 0.25) is 0 Å². The average molecular weight is 399 g/mol. The number of aryl methyl sites for hydroxylation is 1. The Morgan fingerprint density at radius 3 is 2.33 bits per heavy atom. The Kier molecular flexibility index (Phi) is 4.43. The fourth-order valence-electron chi connectivity index (χ4n) is 3.82. The van der Waals surface area contributed by atoms with Gasteiger partial charge >= 0.3 is 0 Å². The maximum absolute atomic E-state index is 14.2. The molecule has 0 amide bonds. The van der Waals surface area contributed by atoms with Crippen LogP contribution in [0.4, 0.5) is 8.78 Å². The molecule has 0 saturated heterocycles. The molecule has 0 fully saturated rings. The molecule has 0 bridgehead atoms. The highest BCUT2D eigenvalue weighted by Gasteiger charge is 2.15. The molecule has 3 aromatic carbocycles. The van der Waals surface area contributed by atoms with Crippen molar-refractivity contribution in [3.63, 3.8) is 0 Å². The van der Waals surface area contributed by atoms with Gasteiger partial charge in [-0.05, 0) is 43.3 Å². The maximum Gasteiger partial charge on any atom is 0.135 e. The van der Waals surface area contributed by atoms with E-state index >= 15 is 0 Å². The molecule has 30 heavy (non-hydrogen) atoms. The van der Waals surface area contributed by atoms with E-state index in [2.05, 4.69) is 18.0 Å². The number of nitrogens with one attached hydrogen (secondary N) is 1. The van der Waals surface area contributed by atoms with Crippen LogP contribution >= 0.6 is 0 Å². The summed E-state index contributed by atoms with van der Waals surface area (Å²) in [5.74, 6) is -1.17. The molecule has 0 aliphatic rings. The molecule has 0 spiro atoms. The van der Waals surface area contributed by atoms with Gasteiger partial charge in [-0.1, -0.05) is 42.5 Å². The second-order valence-electron chi connectivity index (χ2n) is 7.18. The lowest BCUT2D eigenvalue weighted by Crippen LogP contribution is -1.99. The van der Waals surface area contributed by atoms with Gasteiger partial charge in [0, 0.05) is 28.6 Å². The molecule has 0 unspecified atom stereocenters. The van der Waals surface area contributed by atoms with Gasteiger partial charge in [0.25, 0.3) is 0 Å². The SMILES string of the molecule is CCn1nc(-c2ccccc2)cc1-c1ccc2[nH]c(-c3c(F)cccc3F)cc2c1. The lowest BCUT2D eigenvalue weighted by Gasteiger charge is -2.04. The van der Waals surface area contributed by atoms with E-state index in [1.807, 2.05) is 53.2 Å². The third kappa shape index (κ3) is 3.08. The first-order valence-electron chi connectivity index (χ1n) is 9.85. The third-order valence-electron chi connectivity index (χ3n) is 5.30. The first kappa shape index (κ1) is 18.3. The Labute approximate surface area is 172 Å². The van der Waals surface area contributed by atoms with Gasteiger partial charge in [0.2, 0.25) is 0 Å². The van der Waals surface area contributed by atoms with Crippen molar-refractivity contribution in [1.82, 2.24) is 14.8 Å². The summed E-state index contributed by atoms with van der Waals surface area (Å²) in [5, 5.41) is 5.63. The quantitative estimate of drug-likeness (QED) is 0.360. The summed E-state index contributed by atoms with van der Waals surface area (Å²) in [4.78, 5) is 3.13. The number of fused-ring (bicyclic) bond motifs is 1. The van der Waals surface area contributed by atoms with Crippen LogP contribution in [0.3, 0.4) is 0 Å². The standard InChI is InChI=1S/C25H19F2N3/c1-2-30-24(15-22(29-30)16-7-4-3-5-8-16)17-11-12-21-18(13-17)14-23(28-21)25-19(26)9-6-10-20(25)27/h3-15,28H,2H2,1H3. The van der Waals surface area contributed by atoms with E-state index in [1.165, 1.54) is 18.2 Å². The Morgan fingerprint density at radius 2 is 1.60 bits per heavy atom. The molecule has 2 heterocycles. The number of aromatic amines is 1. The molecule has 1 N–H and O–H groups in total. The zero-order chi connectivity index (χ0) is 20.7. The Hall–Kier alpha value is -3.73. The van der Waals surface area contributed by atoms with Crippen molar-refractivity contribution < 1.29 is 8.78 Å². The molecular formula is C25H19F2N3. The van der Waals surface area contributed by atoms with Crippen LogP contribution in [0.5, 0.6) is 0 Å². The first-order chi connectivity index (χ1) is 14.6. The molecule has 5 aromatic rings. The van der Waals surface area contributed by atoms with E-state index in [9.17, 15) is 8.78 Å². The number of hydrogen-bond donors (Lipinski definition) is 1. The second kappa shape index (κ2) is 7.26. The zero-order valence-corrected chi connectivity index (χ0v) is 16.4. The van der Waals surface area contributed by atoms with Gasteiger partial charge in [-0.3, -0.25) is 4.68 Å². The summed E-state index contributed by atoms with van der Waals surface area (Å²) in [6.07, 6.45) is 0. The summed E-state index contributed by atoms with van der Waals surface area (Å²) in [6.45, 7) is 2.79. The van der Waals surface area contributed by atoms with E-state index in [-0.39, 0.29) is 5.56 Å². The van der Waals surface area contributed by atoms with E-state index in [0.717, 1.165) is 40.0 Å². The smallest absolute Gasteiger partial charge is 0.135 e. The minimum atomic E-state index is -0.585. The highest BCUT2D eigenvalue weighted by Crippen LogP contribution is 2.32. The van der Waals surface area contributed by atoms with E-state index in [1.54, 1.807) is 6.07 Å². The van der Waals surface area contributed by atoms with Gasteiger partial charge in [0.1, 0.15) is 11.6 Å². The maximum atomic E-state index is 14.2. The largest absolute Gasteiger partial charge is 0.354 e. The van der Waals surface area contributed by atoms with Crippen molar-refractivity contribution in [3.8, 4) is 33.8 Å². The molecule has 0 radical (unpaired) electrons. The molecule has 2 aromatic heterocycles. The normalized spacial score (nSPS) is 11.3. The second-order valence-corrected chi connectivity index (χ2v) is 7.18. The Morgan fingerprint density at radius 1 is 0.833 bits per heavy atom. The van der Waals surface area contributed by atoms with Gasteiger partial charge in [-0.15, -0.1) is 0 Å². The lowest BCUT2D eigenvalue weighted by atomic mass is 10.1. The molecule has 5 rings (SSSR count). The number of rotatable bonds is 4. The molecular weight excluding hydrogens is 380 g/mol. The average Bonchev–Trinajstić information content (AvgIpc) is 3.38. The highest BCUT2D eigenvalue weighted by molar-refractivity contribution is 5.89. The summed E-state index contributed by atoms with van der Waals surface area (Å²) in [7, 11) is 0. The van der Waals surface area contributed by atoms with E-state index < -0.39 is 11.6 Å². The fourth-order valence-corrected chi connectivity index (χ4v) is 3.82. The summed E-state index contributed by atoms with van der Waals surface area (Å²) in [5.41, 5.74) is 5.17. The number of nitrogens with zero attached hydrogens (tertiary/aromatic N) is 2. The summed E-state index contributed by atoms with van der Waals surface area (Å²) in [6, 6.07) is 23.8. The fraction of sp³-hybridized carbons (Fsp3) is 0.0800. The van der Waals surface area contributed by atoms with Crippen LogP contribution in [0.1, 0.15) is 6.92 Å². The van der Waals surface area contributed by atoms with Crippen LogP contribution in [0.25, 0.3) is 44.7 Å². The minimum Gasteiger partial charge on any atom is -0.354 e. The zero-order valence-electron chi connectivity index (χ0n) is 16.4. The van der Waals surface area contributed by atoms with Crippen LogP contribution in [0.15, 0.2) is 78.9 Å². The molecule has 0 atom stereocenters. The van der Waals surface area contributed by atoms with Crippen LogP contribution < -0.4 is 0 Å². The Balaban J connectivity index is 1.60. The van der Waals surface area contributed by atoms with Crippen molar-refractivity contribution in [2.45, 2.75) is 13.5 Å². The molecule has 0 saturated carbocycles. The number of benzene rings is 3. The van der Waals surface area contributed by atoms with Gasteiger partial charge < -0.3 is 4.98 Å². The number of hydrogen-bond acceptors (Lipinski definition) is 1. The van der Waals surface area contributed by atoms with Gasteiger partial charge in [0.05, 0.1) is 22.6 Å². The topological polar surface area (TPSA) is 33.6 Å². The molecule has 3 nitrogen and oxygen atoms in total. The van der Waals surface area contributed by atoms with Crippen molar-refractivity contribution in [2.24, 2.45) is 0 Å². The first-order valence-corrected chi connectivity index (χ1v) is 9.85. The predicted molar refractivity (Wildman–Crippen MR) is 116 cm³/mol. The predicted octanol–water partition coefficient (Wildman–Crippen LogP) is 6.66. The summed E-state index contributed by atoms with van der Waals surface area (Å²) < 4.78 is 30.4. The highest BCUT2D eigenvalue weighted by atomic mass is 19.1. The summed E-state index contributed by atoms with van der Waals surface area (Å²) >= 11 is 0. The van der Waals surface area contributed by atoms with Gasteiger partial charge in [-0.25, -0.2) is 8.78 Å². The lowest BCUT2D eigenvalue weighted by molar-refractivity contribution is 0.589. The molecule has 148 valence electrons. The van der Waals surface area contributed by atoms with Crippen molar-refractivity contribution in [3.05, 3.63) is 90.5 Å². The molecule has 0 aliphatic carbocycles. The van der Waals surface area contributed by atoms with Crippen molar-refractivity contribution >= 4 is 10.9 Å². The number of aromatic nitrogens is 3. The van der Waals surface area contributed by atoms with Crippen molar-refractivity contribution in [1.29, 1.82) is 0 Å². The monoisotopic (exact) mass is 399 g/mol. The van der Waals surface area contributed by atoms with Gasteiger partial charge in [0.15, 0.2) is 0 Å².